The van der Waals surface area contributed by atoms with Gasteiger partial charge in [-0.15, -0.1) is 0 Å². The van der Waals surface area contributed by atoms with Crippen LogP contribution in [0.15, 0.2) is 48.5 Å². The molecule has 0 atom stereocenters. The highest BCUT2D eigenvalue weighted by atomic mass is 19.1. The van der Waals surface area contributed by atoms with Crippen molar-refractivity contribution in [3.05, 3.63) is 59.9 Å². The van der Waals surface area contributed by atoms with E-state index in [-0.39, 0.29) is 11.1 Å². The molecule has 0 fully saturated rings. The van der Waals surface area contributed by atoms with Crippen LogP contribution < -0.4 is 0 Å². The number of hydrogen-bond donors (Lipinski definition) is 0. The minimum absolute atomic E-state index is 0.241. The van der Waals surface area contributed by atoms with Crippen molar-refractivity contribution in [3.8, 4) is 11.1 Å². The van der Waals surface area contributed by atoms with Crippen LogP contribution in [0.4, 0.5) is 4.39 Å². The van der Waals surface area contributed by atoms with Crippen molar-refractivity contribution in [2.45, 2.75) is 6.29 Å². The number of ether oxygens (including phenoxy) is 2. The molecule has 0 N–H and O–H groups in total. The van der Waals surface area contributed by atoms with Crippen LogP contribution in [0.1, 0.15) is 10.4 Å². The maximum Gasteiger partial charge on any atom is 0.222 e. The van der Waals surface area contributed by atoms with Gasteiger partial charge in [-0.1, -0.05) is 42.5 Å². The van der Waals surface area contributed by atoms with Crippen molar-refractivity contribution in [1.29, 1.82) is 0 Å². The van der Waals surface area contributed by atoms with E-state index in [1.54, 1.807) is 30.3 Å². The summed E-state index contributed by atoms with van der Waals surface area (Å²) in [5.41, 5.74) is 1.14. The molecule has 20 heavy (non-hydrogen) atoms. The second-order valence-corrected chi connectivity index (χ2v) is 4.20. The molecule has 0 unspecified atom stereocenters. The SMILES string of the molecule is COC(OC)C(=O)c1cccc(F)c1-c1ccccc1. The number of rotatable bonds is 5. The molecule has 0 saturated carbocycles. The molecular formula is C16H15FO3. The summed E-state index contributed by atoms with van der Waals surface area (Å²) in [6, 6.07) is 13.3. The molecule has 0 aromatic heterocycles. The molecule has 3 nitrogen and oxygen atoms in total. The van der Waals surface area contributed by atoms with Crippen molar-refractivity contribution in [1.82, 2.24) is 0 Å². The second-order valence-electron chi connectivity index (χ2n) is 4.20. The number of methoxy groups -OCH3 is 2. The lowest BCUT2D eigenvalue weighted by Gasteiger charge is -2.15. The molecule has 0 aliphatic heterocycles. The molecule has 0 saturated heterocycles. The molecule has 0 aliphatic rings. The van der Waals surface area contributed by atoms with Crippen LogP contribution in [0.25, 0.3) is 11.1 Å². The standard InChI is InChI=1S/C16H15FO3/c1-19-16(20-2)15(18)12-9-6-10-13(17)14(12)11-7-4-3-5-8-11/h3-10,16H,1-2H3. The number of carbonyl (C=O) groups excluding carboxylic acids is 1. The quantitative estimate of drug-likeness (QED) is 0.620. The molecule has 2 aromatic carbocycles. The Kier molecular flexibility index (Phi) is 4.61. The topological polar surface area (TPSA) is 35.5 Å². The van der Waals surface area contributed by atoms with Crippen molar-refractivity contribution >= 4 is 5.78 Å². The lowest BCUT2D eigenvalue weighted by molar-refractivity contribution is -0.0741. The number of Topliss-reactive ketones (excluding diaryl/α,β-unsaturated/α-hetero) is 1. The Bertz CT molecular complexity index is 592. The van der Waals surface area contributed by atoms with Gasteiger partial charge in [0, 0.05) is 25.3 Å². The molecule has 0 bridgehead atoms. The average Bonchev–Trinajstić information content (AvgIpc) is 2.49. The highest BCUT2D eigenvalue weighted by Gasteiger charge is 2.24. The van der Waals surface area contributed by atoms with Gasteiger partial charge < -0.3 is 9.47 Å². The van der Waals surface area contributed by atoms with E-state index in [0.717, 1.165) is 0 Å². The molecule has 0 aliphatic carbocycles. The van der Waals surface area contributed by atoms with Gasteiger partial charge in [-0.3, -0.25) is 4.79 Å². The van der Waals surface area contributed by atoms with Gasteiger partial charge in [0.05, 0.1) is 0 Å². The van der Waals surface area contributed by atoms with Gasteiger partial charge in [0.15, 0.2) is 0 Å². The van der Waals surface area contributed by atoms with Crippen LogP contribution in [-0.4, -0.2) is 26.3 Å². The smallest absolute Gasteiger partial charge is 0.222 e. The minimum Gasteiger partial charge on any atom is -0.349 e. The van der Waals surface area contributed by atoms with Gasteiger partial charge in [-0.05, 0) is 11.6 Å². The van der Waals surface area contributed by atoms with E-state index in [1.165, 1.54) is 26.4 Å². The van der Waals surface area contributed by atoms with Crippen molar-refractivity contribution in [2.75, 3.05) is 14.2 Å². The van der Waals surface area contributed by atoms with Crippen LogP contribution in [-0.2, 0) is 9.47 Å². The monoisotopic (exact) mass is 274 g/mol. The van der Waals surface area contributed by atoms with E-state index < -0.39 is 17.9 Å². The lowest BCUT2D eigenvalue weighted by atomic mass is 9.96. The molecule has 4 heteroatoms. The fourth-order valence-electron chi connectivity index (χ4n) is 2.06. The zero-order chi connectivity index (χ0) is 14.5. The predicted octanol–water partition coefficient (Wildman–Crippen LogP) is 3.29. The van der Waals surface area contributed by atoms with E-state index in [0.29, 0.717) is 5.56 Å². The minimum atomic E-state index is -1.04. The first-order valence-corrected chi connectivity index (χ1v) is 6.12. The van der Waals surface area contributed by atoms with E-state index in [4.69, 9.17) is 9.47 Å². The van der Waals surface area contributed by atoms with Crippen molar-refractivity contribution < 1.29 is 18.7 Å². The van der Waals surface area contributed by atoms with Crippen LogP contribution in [0, 0.1) is 5.82 Å². The zero-order valence-electron chi connectivity index (χ0n) is 11.3. The molecule has 0 heterocycles. The van der Waals surface area contributed by atoms with Crippen LogP contribution in [0.2, 0.25) is 0 Å². The normalized spacial score (nSPS) is 10.8. The third kappa shape index (κ3) is 2.76. The summed E-state index contributed by atoms with van der Waals surface area (Å²) >= 11 is 0. The second kappa shape index (κ2) is 6.41. The summed E-state index contributed by atoms with van der Waals surface area (Å²) < 4.78 is 24.0. The Morgan fingerprint density at radius 2 is 1.65 bits per heavy atom. The van der Waals surface area contributed by atoms with Gasteiger partial charge in [-0.25, -0.2) is 4.39 Å². The first-order valence-electron chi connectivity index (χ1n) is 6.12. The summed E-state index contributed by atoms with van der Waals surface area (Å²) in [5, 5.41) is 0. The van der Waals surface area contributed by atoms with Gasteiger partial charge >= 0.3 is 0 Å². The summed E-state index contributed by atoms with van der Waals surface area (Å²) in [4.78, 5) is 12.3. The fraction of sp³-hybridized carbons (Fsp3) is 0.188. The highest BCUT2D eigenvalue weighted by molar-refractivity contribution is 6.04. The zero-order valence-corrected chi connectivity index (χ0v) is 11.3. The van der Waals surface area contributed by atoms with E-state index in [2.05, 4.69) is 0 Å². The Balaban J connectivity index is 2.55. The first-order chi connectivity index (χ1) is 9.69. The van der Waals surface area contributed by atoms with E-state index >= 15 is 0 Å². The van der Waals surface area contributed by atoms with Crippen LogP contribution >= 0.6 is 0 Å². The molecule has 104 valence electrons. The van der Waals surface area contributed by atoms with Gasteiger partial charge in [-0.2, -0.15) is 0 Å². The number of benzene rings is 2. The molecule has 2 rings (SSSR count). The number of halogens is 1. The molecule has 0 spiro atoms. The van der Waals surface area contributed by atoms with Gasteiger partial charge in [0.2, 0.25) is 12.1 Å². The lowest BCUT2D eigenvalue weighted by Crippen LogP contribution is -2.25. The maximum absolute atomic E-state index is 14.1. The number of ketones is 1. The van der Waals surface area contributed by atoms with Crippen LogP contribution in [0.5, 0.6) is 0 Å². The van der Waals surface area contributed by atoms with E-state index in [1.807, 2.05) is 6.07 Å². The van der Waals surface area contributed by atoms with Crippen molar-refractivity contribution in [3.63, 3.8) is 0 Å². The third-order valence-electron chi connectivity index (χ3n) is 2.98. The number of hydrogen-bond acceptors (Lipinski definition) is 3. The van der Waals surface area contributed by atoms with Gasteiger partial charge in [0.1, 0.15) is 5.82 Å². The van der Waals surface area contributed by atoms with Gasteiger partial charge in [0.25, 0.3) is 0 Å². The Morgan fingerprint density at radius 1 is 1.00 bits per heavy atom. The predicted molar refractivity (Wildman–Crippen MR) is 74.0 cm³/mol. The maximum atomic E-state index is 14.1. The largest absolute Gasteiger partial charge is 0.349 e. The third-order valence-corrected chi connectivity index (χ3v) is 2.98. The highest BCUT2D eigenvalue weighted by Crippen LogP contribution is 2.28. The molecular weight excluding hydrogens is 259 g/mol. The first kappa shape index (κ1) is 14.4. The summed E-state index contributed by atoms with van der Waals surface area (Å²) in [6.07, 6.45) is -1.04. The van der Waals surface area contributed by atoms with E-state index in [9.17, 15) is 9.18 Å². The fourth-order valence-corrected chi connectivity index (χ4v) is 2.06. The Labute approximate surface area is 117 Å². The average molecular weight is 274 g/mol. The molecule has 2 aromatic rings. The molecule has 0 radical (unpaired) electrons. The summed E-state index contributed by atoms with van der Waals surface area (Å²) in [5.74, 6) is -0.860. The van der Waals surface area contributed by atoms with Crippen LogP contribution in [0.3, 0.4) is 0 Å². The number of carbonyl (C=O) groups is 1. The molecule has 0 amide bonds. The summed E-state index contributed by atoms with van der Waals surface area (Å²) in [7, 11) is 2.74. The Morgan fingerprint density at radius 3 is 2.25 bits per heavy atom. The van der Waals surface area contributed by atoms with Crippen molar-refractivity contribution in [2.24, 2.45) is 0 Å². The Hall–Kier alpha value is -2.04. The summed E-state index contributed by atoms with van der Waals surface area (Å²) in [6.45, 7) is 0.